The molecule has 0 unspecified atom stereocenters. The van der Waals surface area contributed by atoms with Gasteiger partial charge in [0.2, 0.25) is 0 Å². The molecule has 11 aromatic rings. The molecular formula is C54H36N2O. The number of furan rings is 1. The smallest absolute Gasteiger partial charge is 0.137 e. The van der Waals surface area contributed by atoms with Gasteiger partial charge in [0.25, 0.3) is 0 Å². The highest BCUT2D eigenvalue weighted by Crippen LogP contribution is 2.46. The molecule has 57 heavy (non-hydrogen) atoms. The summed E-state index contributed by atoms with van der Waals surface area (Å²) in [5.74, 6) is 0. The summed E-state index contributed by atoms with van der Waals surface area (Å²) in [4.78, 5) is 2.38. The number of hydrogen-bond donors (Lipinski definition) is 0. The third-order valence-electron chi connectivity index (χ3n) is 11.2. The van der Waals surface area contributed by atoms with E-state index < -0.39 is 0 Å². The normalized spacial score (nSPS) is 11.5. The molecular weight excluding hydrogens is 693 g/mol. The molecule has 3 heteroatoms. The maximum Gasteiger partial charge on any atom is 0.137 e. The van der Waals surface area contributed by atoms with E-state index in [0.29, 0.717) is 0 Å². The minimum Gasteiger partial charge on any atom is -0.456 e. The number of benzene rings is 9. The maximum absolute atomic E-state index is 6.44. The SMILES string of the molecule is c1ccc(-c2ccc(-c3cccc4c3c3ccc(N(c5ccc(-c6ccccc6)cc5)c5cccc6oc7ccccc7c56)cc3n4-c3ccccc3)cc2)cc1. The van der Waals surface area contributed by atoms with Crippen LogP contribution in [0.15, 0.2) is 223 Å². The van der Waals surface area contributed by atoms with Crippen LogP contribution in [0.1, 0.15) is 0 Å². The molecule has 2 heterocycles. The van der Waals surface area contributed by atoms with Gasteiger partial charge < -0.3 is 13.9 Å². The molecule has 0 aliphatic heterocycles. The maximum atomic E-state index is 6.44. The Morgan fingerprint density at radius 2 is 0.912 bits per heavy atom. The summed E-state index contributed by atoms with van der Waals surface area (Å²) >= 11 is 0. The lowest BCUT2D eigenvalue weighted by Gasteiger charge is -2.27. The number of rotatable bonds is 7. The van der Waals surface area contributed by atoms with Gasteiger partial charge in [-0.05, 0) is 94.0 Å². The molecule has 0 saturated carbocycles. The molecule has 11 rings (SSSR count). The lowest BCUT2D eigenvalue weighted by atomic mass is 9.97. The topological polar surface area (TPSA) is 21.3 Å². The third-order valence-corrected chi connectivity index (χ3v) is 11.2. The molecule has 0 spiro atoms. The molecule has 9 aromatic carbocycles. The second kappa shape index (κ2) is 13.6. The van der Waals surface area contributed by atoms with Crippen molar-refractivity contribution in [3.05, 3.63) is 218 Å². The highest BCUT2D eigenvalue weighted by Gasteiger charge is 2.22. The fourth-order valence-electron chi connectivity index (χ4n) is 8.57. The van der Waals surface area contributed by atoms with Gasteiger partial charge in [-0.3, -0.25) is 0 Å². The van der Waals surface area contributed by atoms with Crippen molar-refractivity contribution in [2.24, 2.45) is 0 Å². The van der Waals surface area contributed by atoms with Crippen molar-refractivity contribution in [3.8, 4) is 39.1 Å². The molecule has 0 bridgehead atoms. The number of fused-ring (bicyclic) bond motifs is 6. The van der Waals surface area contributed by atoms with Crippen molar-refractivity contribution in [2.45, 2.75) is 0 Å². The Morgan fingerprint density at radius 1 is 0.351 bits per heavy atom. The zero-order valence-corrected chi connectivity index (χ0v) is 31.1. The van der Waals surface area contributed by atoms with Gasteiger partial charge in [0.1, 0.15) is 11.2 Å². The average Bonchev–Trinajstić information content (AvgIpc) is 3.84. The zero-order chi connectivity index (χ0) is 37.7. The van der Waals surface area contributed by atoms with Crippen LogP contribution in [0.4, 0.5) is 17.1 Å². The van der Waals surface area contributed by atoms with Gasteiger partial charge in [0.05, 0.1) is 22.1 Å². The molecule has 0 aliphatic carbocycles. The van der Waals surface area contributed by atoms with Crippen LogP contribution in [0.25, 0.3) is 82.8 Å². The predicted octanol–water partition coefficient (Wildman–Crippen LogP) is 15.2. The van der Waals surface area contributed by atoms with Gasteiger partial charge in [-0.1, -0.05) is 158 Å². The van der Waals surface area contributed by atoms with Crippen LogP contribution in [0, 0.1) is 0 Å². The van der Waals surface area contributed by atoms with Crippen molar-refractivity contribution in [1.82, 2.24) is 4.57 Å². The molecule has 0 aliphatic rings. The minimum absolute atomic E-state index is 0.863. The summed E-state index contributed by atoms with van der Waals surface area (Å²) < 4.78 is 8.85. The van der Waals surface area contributed by atoms with E-state index in [1.165, 1.54) is 49.7 Å². The first-order valence-corrected chi connectivity index (χ1v) is 19.4. The van der Waals surface area contributed by atoms with Crippen molar-refractivity contribution >= 4 is 60.8 Å². The fraction of sp³-hybridized carbons (Fsp3) is 0. The molecule has 3 nitrogen and oxygen atoms in total. The van der Waals surface area contributed by atoms with E-state index in [1.54, 1.807) is 0 Å². The van der Waals surface area contributed by atoms with Crippen molar-refractivity contribution in [2.75, 3.05) is 4.90 Å². The van der Waals surface area contributed by atoms with Crippen molar-refractivity contribution in [1.29, 1.82) is 0 Å². The molecule has 2 aromatic heterocycles. The lowest BCUT2D eigenvalue weighted by molar-refractivity contribution is 0.669. The second-order valence-corrected chi connectivity index (χ2v) is 14.5. The summed E-state index contributed by atoms with van der Waals surface area (Å²) in [5.41, 5.74) is 15.5. The second-order valence-electron chi connectivity index (χ2n) is 14.5. The summed E-state index contributed by atoms with van der Waals surface area (Å²) in [6.07, 6.45) is 0. The first-order valence-electron chi connectivity index (χ1n) is 19.4. The monoisotopic (exact) mass is 728 g/mol. The number of nitrogens with zero attached hydrogens (tertiary/aromatic N) is 2. The molecule has 0 atom stereocenters. The number of para-hydroxylation sites is 2. The molecule has 0 amide bonds. The Kier molecular flexibility index (Phi) is 7.82. The number of aromatic nitrogens is 1. The molecule has 0 fully saturated rings. The van der Waals surface area contributed by atoms with E-state index in [9.17, 15) is 0 Å². The average molecular weight is 729 g/mol. The van der Waals surface area contributed by atoms with E-state index in [-0.39, 0.29) is 0 Å². The van der Waals surface area contributed by atoms with Crippen molar-refractivity contribution < 1.29 is 4.42 Å². The Hall–Kier alpha value is -7.62. The zero-order valence-electron chi connectivity index (χ0n) is 31.1. The van der Waals surface area contributed by atoms with Crippen LogP contribution in [-0.2, 0) is 0 Å². The Balaban J connectivity index is 1.15. The summed E-state index contributed by atoms with van der Waals surface area (Å²) in [6, 6.07) is 78.1. The van der Waals surface area contributed by atoms with Crippen LogP contribution < -0.4 is 4.90 Å². The highest BCUT2D eigenvalue weighted by molar-refractivity contribution is 6.17. The summed E-state index contributed by atoms with van der Waals surface area (Å²) in [7, 11) is 0. The van der Waals surface area contributed by atoms with E-state index in [0.717, 1.165) is 50.2 Å². The third kappa shape index (κ3) is 5.60. The van der Waals surface area contributed by atoms with Crippen LogP contribution in [0.5, 0.6) is 0 Å². The van der Waals surface area contributed by atoms with Gasteiger partial charge >= 0.3 is 0 Å². The lowest BCUT2D eigenvalue weighted by Crippen LogP contribution is -2.10. The van der Waals surface area contributed by atoms with Gasteiger partial charge in [-0.2, -0.15) is 0 Å². The summed E-state index contributed by atoms with van der Waals surface area (Å²) in [6.45, 7) is 0. The van der Waals surface area contributed by atoms with Crippen LogP contribution in [0.3, 0.4) is 0 Å². The van der Waals surface area contributed by atoms with E-state index in [1.807, 2.05) is 6.07 Å². The number of hydrogen-bond acceptors (Lipinski definition) is 2. The first kappa shape index (κ1) is 32.8. The predicted molar refractivity (Wildman–Crippen MR) is 239 cm³/mol. The molecule has 268 valence electrons. The van der Waals surface area contributed by atoms with E-state index >= 15 is 0 Å². The minimum atomic E-state index is 0.863. The van der Waals surface area contributed by atoms with E-state index in [2.05, 4.69) is 222 Å². The molecule has 0 saturated heterocycles. The number of anilines is 3. The van der Waals surface area contributed by atoms with Gasteiger partial charge in [0.15, 0.2) is 0 Å². The van der Waals surface area contributed by atoms with E-state index in [4.69, 9.17) is 4.42 Å². The highest BCUT2D eigenvalue weighted by atomic mass is 16.3. The summed E-state index contributed by atoms with van der Waals surface area (Å²) in [5, 5.41) is 4.62. The van der Waals surface area contributed by atoms with Gasteiger partial charge in [-0.15, -0.1) is 0 Å². The standard InChI is InChI=1S/C54H36N2O/c1-4-14-37(15-5-1)39-26-28-41(29-27-39)45-21-12-22-48-53(45)46-35-34-44(36-50(46)56(48)42-18-8-3-9-19-42)55(43-32-30-40(31-33-43)38-16-6-2-7-17-38)49-23-13-25-52-54(49)47-20-10-11-24-51(47)57-52/h1-36H. The van der Waals surface area contributed by atoms with Crippen molar-refractivity contribution in [3.63, 3.8) is 0 Å². The Bertz CT molecular complexity index is 3200. The van der Waals surface area contributed by atoms with Gasteiger partial charge in [-0.25, -0.2) is 0 Å². The van der Waals surface area contributed by atoms with Crippen LogP contribution >= 0.6 is 0 Å². The van der Waals surface area contributed by atoms with Crippen LogP contribution in [-0.4, -0.2) is 4.57 Å². The molecule has 0 N–H and O–H groups in total. The van der Waals surface area contributed by atoms with Gasteiger partial charge in [0, 0.05) is 33.2 Å². The largest absolute Gasteiger partial charge is 0.456 e. The Morgan fingerprint density at radius 3 is 1.63 bits per heavy atom. The Labute approximate surface area is 330 Å². The fourth-order valence-corrected chi connectivity index (χ4v) is 8.57. The molecule has 0 radical (unpaired) electrons. The van der Waals surface area contributed by atoms with Crippen LogP contribution in [0.2, 0.25) is 0 Å². The first-order chi connectivity index (χ1) is 28.3. The quantitative estimate of drug-likeness (QED) is 0.163.